The fraction of sp³-hybridized carbons (Fsp3) is 0.929. The van der Waals surface area contributed by atoms with Crippen LogP contribution in [0.2, 0.25) is 0 Å². The van der Waals surface area contributed by atoms with Gasteiger partial charge in [-0.05, 0) is 26.7 Å². The Labute approximate surface area is 121 Å². The van der Waals surface area contributed by atoms with Crippen molar-refractivity contribution in [1.29, 1.82) is 0 Å². The van der Waals surface area contributed by atoms with Crippen molar-refractivity contribution in [2.24, 2.45) is 5.73 Å². The summed E-state index contributed by atoms with van der Waals surface area (Å²) in [5.74, 6) is -0.0137. The van der Waals surface area contributed by atoms with Crippen LogP contribution in [0.1, 0.15) is 26.7 Å². The van der Waals surface area contributed by atoms with Crippen LogP contribution in [-0.4, -0.2) is 69.1 Å². The Bertz CT molecular complexity index is 270. The van der Waals surface area contributed by atoms with E-state index in [4.69, 9.17) is 19.9 Å². The molecule has 1 fully saturated rings. The average molecular weight is 288 g/mol. The van der Waals surface area contributed by atoms with Crippen molar-refractivity contribution in [3.8, 4) is 0 Å². The summed E-state index contributed by atoms with van der Waals surface area (Å²) in [4.78, 5) is 14.4. The smallest absolute Gasteiger partial charge is 0.242 e. The van der Waals surface area contributed by atoms with Gasteiger partial charge >= 0.3 is 0 Å². The monoisotopic (exact) mass is 288 g/mol. The van der Waals surface area contributed by atoms with Crippen molar-refractivity contribution >= 4 is 5.91 Å². The summed E-state index contributed by atoms with van der Waals surface area (Å²) in [6.07, 6.45) is 1.15. The van der Waals surface area contributed by atoms with Crippen LogP contribution < -0.4 is 5.73 Å². The average Bonchev–Trinajstić information content (AvgIpc) is 2.46. The van der Waals surface area contributed by atoms with Gasteiger partial charge < -0.3 is 24.8 Å². The zero-order valence-electron chi connectivity index (χ0n) is 12.7. The highest BCUT2D eigenvalue weighted by Crippen LogP contribution is 2.20. The minimum atomic E-state index is -0.795. The van der Waals surface area contributed by atoms with Crippen molar-refractivity contribution in [3.63, 3.8) is 0 Å². The Hall–Kier alpha value is -0.690. The molecule has 1 amide bonds. The van der Waals surface area contributed by atoms with Crippen LogP contribution in [-0.2, 0) is 19.0 Å². The molecule has 1 rings (SSSR count). The first kappa shape index (κ1) is 17.4. The predicted octanol–water partition coefficient (Wildman–Crippen LogP) is 0.396. The number of nitrogens with two attached hydrogens (primary N) is 1. The standard InChI is InChI=1S/C14H28N2O4/c1-3-18-11-7-16(8-12-19-4-2)13(17)14(15)5-9-20-10-6-14/h3-12,15H2,1-2H3. The molecule has 118 valence electrons. The molecule has 1 heterocycles. The third-order valence-electron chi connectivity index (χ3n) is 3.52. The van der Waals surface area contributed by atoms with E-state index in [0.717, 1.165) is 0 Å². The summed E-state index contributed by atoms with van der Waals surface area (Å²) < 4.78 is 16.0. The number of nitrogens with zero attached hydrogens (tertiary/aromatic N) is 1. The summed E-state index contributed by atoms with van der Waals surface area (Å²) in [7, 11) is 0. The van der Waals surface area contributed by atoms with Crippen LogP contribution in [0.25, 0.3) is 0 Å². The summed E-state index contributed by atoms with van der Waals surface area (Å²) in [5.41, 5.74) is 5.46. The van der Waals surface area contributed by atoms with E-state index >= 15 is 0 Å². The molecule has 1 aliphatic heterocycles. The highest BCUT2D eigenvalue weighted by molar-refractivity contribution is 5.86. The fourth-order valence-electron chi connectivity index (χ4n) is 2.22. The number of ether oxygens (including phenoxy) is 3. The van der Waals surface area contributed by atoms with Gasteiger partial charge in [-0.1, -0.05) is 0 Å². The minimum Gasteiger partial charge on any atom is -0.381 e. The maximum Gasteiger partial charge on any atom is 0.242 e. The van der Waals surface area contributed by atoms with E-state index < -0.39 is 5.54 Å². The van der Waals surface area contributed by atoms with Crippen LogP contribution in [0, 0.1) is 0 Å². The Balaban J connectivity index is 2.56. The SMILES string of the molecule is CCOCCN(CCOCC)C(=O)C1(N)CCOCC1. The van der Waals surface area contributed by atoms with Crippen LogP contribution in [0.4, 0.5) is 0 Å². The van der Waals surface area contributed by atoms with Gasteiger partial charge in [-0.2, -0.15) is 0 Å². The number of amides is 1. The van der Waals surface area contributed by atoms with E-state index in [1.165, 1.54) is 0 Å². The Kier molecular flexibility index (Phi) is 8.06. The molecule has 0 spiro atoms. The molecule has 6 heteroatoms. The molecule has 0 aromatic rings. The first-order chi connectivity index (χ1) is 9.64. The van der Waals surface area contributed by atoms with Crippen LogP contribution in [0.15, 0.2) is 0 Å². The zero-order chi connectivity index (χ0) is 14.8. The maximum absolute atomic E-state index is 12.6. The van der Waals surface area contributed by atoms with Gasteiger partial charge in [-0.15, -0.1) is 0 Å². The zero-order valence-corrected chi connectivity index (χ0v) is 12.7. The number of carbonyl (C=O) groups excluding carboxylic acids is 1. The fourth-order valence-corrected chi connectivity index (χ4v) is 2.22. The second kappa shape index (κ2) is 9.28. The van der Waals surface area contributed by atoms with Crippen molar-refractivity contribution in [3.05, 3.63) is 0 Å². The molecule has 6 nitrogen and oxygen atoms in total. The molecule has 0 bridgehead atoms. The number of carbonyl (C=O) groups is 1. The van der Waals surface area contributed by atoms with Gasteiger partial charge in [0.05, 0.1) is 18.8 Å². The predicted molar refractivity (Wildman–Crippen MR) is 76.5 cm³/mol. The second-order valence-electron chi connectivity index (χ2n) is 4.95. The van der Waals surface area contributed by atoms with E-state index in [0.29, 0.717) is 65.6 Å². The minimum absolute atomic E-state index is 0.0137. The lowest BCUT2D eigenvalue weighted by atomic mass is 9.89. The summed E-state index contributed by atoms with van der Waals surface area (Å²) in [6.45, 7) is 8.44. The third kappa shape index (κ3) is 5.36. The largest absolute Gasteiger partial charge is 0.381 e. The van der Waals surface area contributed by atoms with Gasteiger partial charge in [0.25, 0.3) is 0 Å². The summed E-state index contributed by atoms with van der Waals surface area (Å²) >= 11 is 0. The van der Waals surface area contributed by atoms with Crippen molar-refractivity contribution < 1.29 is 19.0 Å². The van der Waals surface area contributed by atoms with E-state index in [9.17, 15) is 4.79 Å². The molecule has 0 radical (unpaired) electrons. The van der Waals surface area contributed by atoms with Crippen LogP contribution in [0.5, 0.6) is 0 Å². The molecule has 0 aromatic carbocycles. The van der Waals surface area contributed by atoms with Gasteiger partial charge in [-0.25, -0.2) is 0 Å². The van der Waals surface area contributed by atoms with E-state index in [-0.39, 0.29) is 5.91 Å². The van der Waals surface area contributed by atoms with Gasteiger partial charge in [-0.3, -0.25) is 4.79 Å². The molecule has 0 aromatic heterocycles. The molecule has 0 atom stereocenters. The van der Waals surface area contributed by atoms with Gasteiger partial charge in [0.1, 0.15) is 0 Å². The lowest BCUT2D eigenvalue weighted by Crippen LogP contribution is -2.59. The Morgan fingerprint density at radius 3 is 2.10 bits per heavy atom. The Morgan fingerprint density at radius 2 is 1.65 bits per heavy atom. The molecular formula is C14H28N2O4. The molecule has 0 aliphatic carbocycles. The number of rotatable bonds is 9. The number of hydrogen-bond donors (Lipinski definition) is 1. The highest BCUT2D eigenvalue weighted by atomic mass is 16.5. The third-order valence-corrected chi connectivity index (χ3v) is 3.52. The Morgan fingerprint density at radius 1 is 1.15 bits per heavy atom. The quantitative estimate of drug-likeness (QED) is 0.622. The van der Waals surface area contributed by atoms with Gasteiger partial charge in [0.15, 0.2) is 0 Å². The molecule has 0 saturated carbocycles. The van der Waals surface area contributed by atoms with Crippen molar-refractivity contribution in [1.82, 2.24) is 4.90 Å². The topological polar surface area (TPSA) is 74.0 Å². The molecule has 1 aliphatic rings. The first-order valence-corrected chi connectivity index (χ1v) is 7.45. The van der Waals surface area contributed by atoms with Gasteiger partial charge in [0, 0.05) is 39.5 Å². The lowest BCUT2D eigenvalue weighted by molar-refractivity contribution is -0.142. The van der Waals surface area contributed by atoms with Crippen LogP contribution in [0.3, 0.4) is 0 Å². The normalized spacial score (nSPS) is 17.9. The number of hydrogen-bond acceptors (Lipinski definition) is 5. The summed E-state index contributed by atoms with van der Waals surface area (Å²) in [5, 5.41) is 0. The lowest BCUT2D eigenvalue weighted by Gasteiger charge is -2.36. The molecule has 1 saturated heterocycles. The van der Waals surface area contributed by atoms with Crippen molar-refractivity contribution in [2.45, 2.75) is 32.2 Å². The highest BCUT2D eigenvalue weighted by Gasteiger charge is 2.38. The van der Waals surface area contributed by atoms with E-state index in [2.05, 4.69) is 0 Å². The van der Waals surface area contributed by atoms with Gasteiger partial charge in [0.2, 0.25) is 5.91 Å². The molecule has 20 heavy (non-hydrogen) atoms. The van der Waals surface area contributed by atoms with Crippen LogP contribution >= 0.6 is 0 Å². The van der Waals surface area contributed by atoms with Crippen molar-refractivity contribution in [2.75, 3.05) is 52.7 Å². The van der Waals surface area contributed by atoms with E-state index in [1.807, 2.05) is 13.8 Å². The summed E-state index contributed by atoms with van der Waals surface area (Å²) in [6, 6.07) is 0. The second-order valence-corrected chi connectivity index (χ2v) is 4.95. The molecule has 0 unspecified atom stereocenters. The van der Waals surface area contributed by atoms with E-state index in [1.54, 1.807) is 4.90 Å². The first-order valence-electron chi connectivity index (χ1n) is 7.45. The molecule has 2 N–H and O–H groups in total. The maximum atomic E-state index is 12.6. The molecular weight excluding hydrogens is 260 g/mol.